The Labute approximate surface area is 236 Å². The highest BCUT2D eigenvalue weighted by molar-refractivity contribution is 5.65. The summed E-state index contributed by atoms with van der Waals surface area (Å²) < 4.78 is 34.0. The molecule has 1 heterocycles. The van der Waals surface area contributed by atoms with Gasteiger partial charge in [0.15, 0.2) is 0 Å². The third kappa shape index (κ3) is 9.31. The van der Waals surface area contributed by atoms with Crippen molar-refractivity contribution in [1.29, 1.82) is 0 Å². The molecular formula is C26H36F2I2N2O2. The second-order valence-electron chi connectivity index (χ2n) is 9.72. The molecule has 2 aromatic rings. The van der Waals surface area contributed by atoms with Crippen LogP contribution >= 0.6 is 0 Å². The molecule has 0 aliphatic carbocycles. The lowest BCUT2D eigenvalue weighted by atomic mass is 9.87. The molecule has 1 fully saturated rings. The van der Waals surface area contributed by atoms with Gasteiger partial charge in [0.2, 0.25) is 0 Å². The Kier molecular flexibility index (Phi) is 12.9. The Morgan fingerprint density at radius 2 is 1.24 bits per heavy atom. The van der Waals surface area contributed by atoms with Crippen molar-refractivity contribution < 1.29 is 75.2 Å². The number of hydrogen-bond donors (Lipinski definition) is 0. The maximum atomic E-state index is 13.5. The van der Waals surface area contributed by atoms with Crippen LogP contribution in [0.2, 0.25) is 0 Å². The number of carbonyl (C=O) groups excluding carboxylic acids is 1. The van der Waals surface area contributed by atoms with Crippen molar-refractivity contribution in [3.63, 3.8) is 0 Å². The van der Waals surface area contributed by atoms with E-state index in [0.29, 0.717) is 6.61 Å². The quantitative estimate of drug-likeness (QED) is 0.179. The molecule has 0 atom stereocenters. The first-order valence-electron chi connectivity index (χ1n) is 11.5. The fourth-order valence-corrected chi connectivity index (χ4v) is 4.64. The topological polar surface area (TPSA) is 26.3 Å². The Balaban J connectivity index is 0.00000289. The van der Waals surface area contributed by atoms with E-state index in [1.807, 2.05) is 24.3 Å². The zero-order valence-corrected chi connectivity index (χ0v) is 24.6. The lowest BCUT2D eigenvalue weighted by molar-refractivity contribution is -1.02. The van der Waals surface area contributed by atoms with Crippen molar-refractivity contribution in [3.8, 4) is 0 Å². The summed E-state index contributed by atoms with van der Waals surface area (Å²) in [6.45, 7) is 8.18. The molecule has 0 bridgehead atoms. The van der Waals surface area contributed by atoms with Crippen molar-refractivity contribution in [2.75, 3.05) is 60.0 Å². The third-order valence-corrected chi connectivity index (χ3v) is 7.03. The van der Waals surface area contributed by atoms with E-state index in [-0.39, 0.29) is 71.5 Å². The van der Waals surface area contributed by atoms with Gasteiger partial charge in [-0.05, 0) is 48.2 Å². The summed E-state index contributed by atoms with van der Waals surface area (Å²) in [6.07, 6.45) is 1.97. The molecule has 1 saturated heterocycles. The molecule has 3 rings (SSSR count). The number of esters is 1. The van der Waals surface area contributed by atoms with Crippen molar-refractivity contribution in [3.05, 3.63) is 71.3 Å². The first-order valence-corrected chi connectivity index (χ1v) is 11.5. The molecule has 0 saturated carbocycles. The minimum Gasteiger partial charge on any atom is -1.00 e. The van der Waals surface area contributed by atoms with E-state index in [1.54, 1.807) is 0 Å². The summed E-state index contributed by atoms with van der Waals surface area (Å²) in [6, 6.07) is 13.4. The molecule has 0 radical (unpaired) electrons. The van der Waals surface area contributed by atoms with Gasteiger partial charge in [-0.25, -0.2) is 8.78 Å². The molecule has 1 aliphatic rings. The Hall–Kier alpha value is -0.850. The van der Waals surface area contributed by atoms with Gasteiger partial charge in [0.05, 0.1) is 20.6 Å². The van der Waals surface area contributed by atoms with Gasteiger partial charge >= 0.3 is 5.97 Å². The van der Waals surface area contributed by atoms with Crippen molar-refractivity contribution in [2.45, 2.75) is 25.7 Å². The number of carbonyl (C=O) groups is 1. The van der Waals surface area contributed by atoms with Crippen molar-refractivity contribution in [1.82, 2.24) is 0 Å². The van der Waals surface area contributed by atoms with Crippen LogP contribution in [0.1, 0.15) is 36.8 Å². The van der Waals surface area contributed by atoms with E-state index in [0.717, 1.165) is 72.2 Å². The van der Waals surface area contributed by atoms with Crippen LogP contribution in [-0.4, -0.2) is 74.9 Å². The normalized spacial score (nSPS) is 21.9. The van der Waals surface area contributed by atoms with Crippen molar-refractivity contribution in [2.24, 2.45) is 0 Å². The molecule has 2 aromatic carbocycles. The van der Waals surface area contributed by atoms with Crippen molar-refractivity contribution >= 4 is 5.97 Å². The van der Waals surface area contributed by atoms with Crippen LogP contribution in [0.3, 0.4) is 0 Å². The van der Waals surface area contributed by atoms with Gasteiger partial charge in [0, 0.05) is 12.8 Å². The summed E-state index contributed by atoms with van der Waals surface area (Å²) in [5.74, 6) is -0.579. The Bertz CT molecular complexity index is 841. The smallest absolute Gasteiger partial charge is 0.302 e. The number of piperazine rings is 1. The number of ether oxygens (including phenoxy) is 1. The van der Waals surface area contributed by atoms with Gasteiger partial charge in [0.25, 0.3) is 0 Å². The molecule has 4 nitrogen and oxygen atoms in total. The molecule has 8 heteroatoms. The fraction of sp³-hybridized carbons (Fsp3) is 0.500. The van der Waals surface area contributed by atoms with Gasteiger partial charge in [-0.1, -0.05) is 24.3 Å². The van der Waals surface area contributed by atoms with Crippen LogP contribution < -0.4 is 48.0 Å². The Morgan fingerprint density at radius 1 is 0.824 bits per heavy atom. The monoisotopic (exact) mass is 700 g/mol. The highest BCUT2D eigenvalue weighted by Gasteiger charge is 2.36. The maximum absolute atomic E-state index is 13.5. The zero-order valence-electron chi connectivity index (χ0n) is 20.3. The zero-order chi connectivity index (χ0) is 23.2. The fourth-order valence-electron chi connectivity index (χ4n) is 4.64. The molecule has 0 amide bonds. The minimum absolute atomic E-state index is 0. The SMILES string of the molecule is CC(=O)OCC[N+]1(C)CC[N+](C)(CCCC(c2ccc(F)cc2)c2ccc(F)cc2)CC1.[I-].[I-]. The summed E-state index contributed by atoms with van der Waals surface area (Å²) in [4.78, 5) is 11.0. The number of hydrogen-bond acceptors (Lipinski definition) is 2. The van der Waals surface area contributed by atoms with Gasteiger partial charge < -0.3 is 61.7 Å². The van der Waals surface area contributed by atoms with Crippen LogP contribution in [0.15, 0.2) is 48.5 Å². The molecule has 0 aromatic heterocycles. The predicted molar refractivity (Wildman–Crippen MR) is 122 cm³/mol. The van der Waals surface area contributed by atoms with Crippen LogP contribution in [-0.2, 0) is 9.53 Å². The van der Waals surface area contributed by atoms with E-state index >= 15 is 0 Å². The standard InChI is InChI=1S/C26H36F2N2O2.2HI/c1-21(31)32-20-19-30(3)17-15-29(2,16-18-30)14-4-5-26(22-6-10-24(27)11-7-22)23-8-12-25(28)13-9-23;;/h6-13,26H,4-5,14-20H2,1-3H3;2*1H/q+2;;/p-2. The predicted octanol–water partition coefficient (Wildman–Crippen LogP) is -1.65. The van der Waals surface area contributed by atoms with E-state index in [9.17, 15) is 13.6 Å². The average Bonchev–Trinajstić information content (AvgIpc) is 2.75. The van der Waals surface area contributed by atoms with E-state index in [1.165, 1.54) is 31.2 Å². The molecule has 1 aliphatic heterocycles. The Morgan fingerprint density at radius 3 is 1.65 bits per heavy atom. The van der Waals surface area contributed by atoms with Gasteiger partial charge in [0.1, 0.15) is 51.0 Å². The van der Waals surface area contributed by atoms with Gasteiger partial charge in [-0.3, -0.25) is 4.79 Å². The largest absolute Gasteiger partial charge is 1.00 e. The van der Waals surface area contributed by atoms with Crippen LogP contribution in [0.5, 0.6) is 0 Å². The number of rotatable bonds is 9. The number of nitrogens with zero attached hydrogens (tertiary/aromatic N) is 2. The molecular weight excluding hydrogens is 664 g/mol. The number of benzene rings is 2. The molecule has 34 heavy (non-hydrogen) atoms. The maximum Gasteiger partial charge on any atom is 0.302 e. The van der Waals surface area contributed by atoms with Crippen LogP contribution in [0.25, 0.3) is 0 Å². The molecule has 190 valence electrons. The molecule has 0 spiro atoms. The summed E-state index contributed by atoms with van der Waals surface area (Å²) in [5, 5.41) is 0. The lowest BCUT2D eigenvalue weighted by Gasteiger charge is -2.46. The average molecular weight is 700 g/mol. The number of likely N-dealkylation sites (N-methyl/N-ethyl adjacent to an activating group) is 2. The van der Waals surface area contributed by atoms with E-state index < -0.39 is 0 Å². The second-order valence-corrected chi connectivity index (χ2v) is 9.72. The highest BCUT2D eigenvalue weighted by atomic mass is 127. The lowest BCUT2D eigenvalue weighted by Crippen LogP contribution is -3.00. The van der Waals surface area contributed by atoms with Crippen LogP contribution in [0, 0.1) is 11.6 Å². The van der Waals surface area contributed by atoms with E-state index in [2.05, 4.69) is 14.1 Å². The van der Waals surface area contributed by atoms with E-state index in [4.69, 9.17) is 4.74 Å². The number of quaternary nitrogens is 2. The highest BCUT2D eigenvalue weighted by Crippen LogP contribution is 2.30. The minimum atomic E-state index is -0.243. The molecule has 0 unspecified atom stereocenters. The first-order chi connectivity index (χ1) is 15.2. The summed E-state index contributed by atoms with van der Waals surface area (Å²) in [5.41, 5.74) is 2.13. The second kappa shape index (κ2) is 14.0. The third-order valence-electron chi connectivity index (χ3n) is 7.03. The van der Waals surface area contributed by atoms with Crippen LogP contribution in [0.4, 0.5) is 8.78 Å². The summed E-state index contributed by atoms with van der Waals surface area (Å²) in [7, 11) is 4.56. The number of halogens is 4. The first kappa shape index (κ1) is 31.2. The molecule has 0 N–H and O–H groups in total. The van der Waals surface area contributed by atoms with Gasteiger partial charge in [-0.2, -0.15) is 0 Å². The van der Waals surface area contributed by atoms with Gasteiger partial charge in [-0.15, -0.1) is 0 Å². The summed E-state index contributed by atoms with van der Waals surface area (Å²) >= 11 is 0.